The van der Waals surface area contributed by atoms with Gasteiger partial charge in [0, 0.05) is 12.1 Å². The molecule has 0 spiro atoms. The van der Waals surface area contributed by atoms with Crippen molar-refractivity contribution in [1.29, 1.82) is 0 Å². The van der Waals surface area contributed by atoms with Crippen molar-refractivity contribution in [3.8, 4) is 11.5 Å². The maximum absolute atomic E-state index is 13.8. The van der Waals surface area contributed by atoms with E-state index in [2.05, 4.69) is 10.6 Å². The number of hydrogen-bond acceptors (Lipinski definition) is 4. The number of rotatable bonds is 6. The number of carbonyl (C=O) groups excluding carboxylic acids is 2. The van der Waals surface area contributed by atoms with E-state index < -0.39 is 35.1 Å². The summed E-state index contributed by atoms with van der Waals surface area (Å²) in [6.45, 7) is 0.857. The van der Waals surface area contributed by atoms with Gasteiger partial charge in [0.05, 0.1) is 16.8 Å². The summed E-state index contributed by atoms with van der Waals surface area (Å²) in [6, 6.07) is 13.2. The Kier molecular flexibility index (Phi) is 6.90. The van der Waals surface area contributed by atoms with E-state index in [0.29, 0.717) is 30.8 Å². The minimum absolute atomic E-state index is 0.0668. The lowest BCUT2D eigenvalue weighted by atomic mass is 10.1. The zero-order valence-electron chi connectivity index (χ0n) is 18.2. The molecule has 0 saturated carbocycles. The number of alkyl halides is 3. The van der Waals surface area contributed by atoms with E-state index in [0.717, 1.165) is 17.7 Å². The van der Waals surface area contributed by atoms with Crippen molar-refractivity contribution in [1.82, 2.24) is 0 Å². The molecule has 0 radical (unpaired) electrons. The fraction of sp³-hybridized carbons (Fsp3) is 0.200. The van der Waals surface area contributed by atoms with Crippen LogP contribution < -0.4 is 20.1 Å². The molecule has 35 heavy (non-hydrogen) atoms. The summed E-state index contributed by atoms with van der Waals surface area (Å²) in [4.78, 5) is 24.6. The summed E-state index contributed by atoms with van der Waals surface area (Å²) in [5, 5.41) is 4.53. The number of aryl methyl sites for hydroxylation is 1. The largest absolute Gasteiger partial charge is 0.486 e. The van der Waals surface area contributed by atoms with Crippen molar-refractivity contribution < 1.29 is 36.6 Å². The Morgan fingerprint density at radius 2 is 1.63 bits per heavy atom. The zero-order chi connectivity index (χ0) is 25.0. The number of nitrogens with one attached hydrogen (secondary N) is 2. The average Bonchev–Trinajstić information content (AvgIpc) is 2.83. The SMILES string of the molecule is O=C(CCc1ccc2c(c1)OCCO2)Nc1ccc(NC(=O)c2ccccc2F)cc1C(F)(F)F. The van der Waals surface area contributed by atoms with E-state index in [-0.39, 0.29) is 24.1 Å². The van der Waals surface area contributed by atoms with Crippen LogP contribution in [0, 0.1) is 5.82 Å². The molecule has 10 heteroatoms. The van der Waals surface area contributed by atoms with Gasteiger partial charge < -0.3 is 20.1 Å². The van der Waals surface area contributed by atoms with Crippen LogP contribution >= 0.6 is 0 Å². The maximum atomic E-state index is 13.8. The molecule has 0 saturated heterocycles. The Labute approximate surface area is 197 Å². The first-order valence-electron chi connectivity index (χ1n) is 10.7. The zero-order valence-corrected chi connectivity index (χ0v) is 18.2. The van der Waals surface area contributed by atoms with Gasteiger partial charge in [-0.2, -0.15) is 13.2 Å². The lowest BCUT2D eigenvalue weighted by Crippen LogP contribution is -2.18. The molecule has 1 aliphatic rings. The molecular weight excluding hydrogens is 468 g/mol. The number of ether oxygens (including phenoxy) is 2. The summed E-state index contributed by atoms with van der Waals surface area (Å²) < 4.78 is 65.7. The molecule has 0 atom stereocenters. The second kappa shape index (κ2) is 10.0. The molecule has 0 aromatic heterocycles. The van der Waals surface area contributed by atoms with E-state index in [9.17, 15) is 27.2 Å². The second-order valence-corrected chi connectivity index (χ2v) is 7.72. The third-order valence-corrected chi connectivity index (χ3v) is 5.22. The predicted molar refractivity (Wildman–Crippen MR) is 120 cm³/mol. The van der Waals surface area contributed by atoms with Gasteiger partial charge in [0.2, 0.25) is 5.91 Å². The predicted octanol–water partition coefficient (Wildman–Crippen LogP) is 5.44. The first-order chi connectivity index (χ1) is 16.7. The maximum Gasteiger partial charge on any atom is 0.418 e. The summed E-state index contributed by atoms with van der Waals surface area (Å²) in [5.41, 5.74) is -1.32. The van der Waals surface area contributed by atoms with Crippen LogP contribution in [0.1, 0.15) is 27.9 Å². The van der Waals surface area contributed by atoms with Crippen LogP contribution in [0.5, 0.6) is 11.5 Å². The van der Waals surface area contributed by atoms with Gasteiger partial charge in [0.25, 0.3) is 5.91 Å². The number of fused-ring (bicyclic) bond motifs is 1. The van der Waals surface area contributed by atoms with E-state index >= 15 is 0 Å². The van der Waals surface area contributed by atoms with Crippen LogP contribution in [0.25, 0.3) is 0 Å². The molecule has 0 fully saturated rings. The number of halogens is 4. The number of amides is 2. The standard InChI is InChI=1S/C25H20F4N2O4/c26-19-4-2-1-3-17(19)24(33)30-16-7-8-20(18(14-16)25(27,28)29)31-23(32)10-6-15-5-9-21-22(13-15)35-12-11-34-21/h1-5,7-9,13-14H,6,10-12H2,(H,30,33)(H,31,32). The molecule has 3 aromatic carbocycles. The Balaban J connectivity index is 1.44. The Morgan fingerprint density at radius 3 is 2.37 bits per heavy atom. The molecule has 0 bridgehead atoms. The van der Waals surface area contributed by atoms with Gasteiger partial charge in [-0.1, -0.05) is 18.2 Å². The second-order valence-electron chi connectivity index (χ2n) is 7.72. The quantitative estimate of drug-likeness (QED) is 0.453. The molecule has 3 aromatic rings. The molecule has 1 aliphatic heterocycles. The van der Waals surface area contributed by atoms with E-state index in [1.165, 1.54) is 24.3 Å². The van der Waals surface area contributed by atoms with Crippen molar-refractivity contribution in [2.45, 2.75) is 19.0 Å². The molecule has 182 valence electrons. The fourth-order valence-corrected chi connectivity index (χ4v) is 3.52. The van der Waals surface area contributed by atoms with Gasteiger partial charge in [0.1, 0.15) is 19.0 Å². The molecule has 2 N–H and O–H groups in total. The van der Waals surface area contributed by atoms with Crippen LogP contribution in [-0.4, -0.2) is 25.0 Å². The van der Waals surface area contributed by atoms with E-state index in [1.54, 1.807) is 18.2 Å². The minimum atomic E-state index is -4.81. The monoisotopic (exact) mass is 488 g/mol. The third kappa shape index (κ3) is 5.89. The molecule has 6 nitrogen and oxygen atoms in total. The van der Waals surface area contributed by atoms with Crippen LogP contribution in [0.2, 0.25) is 0 Å². The van der Waals surface area contributed by atoms with Crippen LogP contribution in [0.15, 0.2) is 60.7 Å². The highest BCUT2D eigenvalue weighted by Crippen LogP contribution is 2.37. The van der Waals surface area contributed by atoms with Crippen LogP contribution in [-0.2, 0) is 17.4 Å². The first-order valence-corrected chi connectivity index (χ1v) is 10.7. The Bertz CT molecular complexity index is 1260. The number of hydrogen-bond donors (Lipinski definition) is 2. The number of anilines is 2. The van der Waals surface area contributed by atoms with Crippen LogP contribution in [0.4, 0.5) is 28.9 Å². The van der Waals surface area contributed by atoms with Crippen LogP contribution in [0.3, 0.4) is 0 Å². The summed E-state index contributed by atoms with van der Waals surface area (Å²) in [5.74, 6) is -1.16. The van der Waals surface area contributed by atoms with Gasteiger partial charge in [-0.05, 0) is 54.4 Å². The summed E-state index contributed by atoms with van der Waals surface area (Å²) in [7, 11) is 0. The molecule has 2 amide bonds. The van der Waals surface area contributed by atoms with Crippen molar-refractivity contribution in [2.24, 2.45) is 0 Å². The highest BCUT2D eigenvalue weighted by atomic mass is 19.4. The van der Waals surface area contributed by atoms with Gasteiger partial charge in [-0.3, -0.25) is 9.59 Å². The van der Waals surface area contributed by atoms with Crippen molar-refractivity contribution in [3.05, 3.63) is 83.2 Å². The van der Waals surface area contributed by atoms with Crippen molar-refractivity contribution >= 4 is 23.2 Å². The first kappa shape index (κ1) is 24.1. The average molecular weight is 488 g/mol. The van der Waals surface area contributed by atoms with Gasteiger partial charge in [-0.25, -0.2) is 4.39 Å². The van der Waals surface area contributed by atoms with Crippen molar-refractivity contribution in [2.75, 3.05) is 23.8 Å². The highest BCUT2D eigenvalue weighted by Gasteiger charge is 2.34. The molecule has 1 heterocycles. The highest BCUT2D eigenvalue weighted by molar-refractivity contribution is 6.04. The lowest BCUT2D eigenvalue weighted by Gasteiger charge is -2.19. The smallest absolute Gasteiger partial charge is 0.418 e. The Morgan fingerprint density at radius 1 is 0.886 bits per heavy atom. The topological polar surface area (TPSA) is 76.7 Å². The van der Waals surface area contributed by atoms with E-state index in [4.69, 9.17) is 9.47 Å². The molecule has 0 aliphatic carbocycles. The molecule has 0 unspecified atom stereocenters. The van der Waals surface area contributed by atoms with Crippen molar-refractivity contribution in [3.63, 3.8) is 0 Å². The molecule has 4 rings (SSSR count). The lowest BCUT2D eigenvalue weighted by molar-refractivity contribution is -0.136. The molecular formula is C25H20F4N2O4. The van der Waals surface area contributed by atoms with E-state index in [1.807, 2.05) is 0 Å². The summed E-state index contributed by atoms with van der Waals surface area (Å²) in [6.07, 6.45) is -4.60. The number of carbonyl (C=O) groups is 2. The fourth-order valence-electron chi connectivity index (χ4n) is 3.52. The Hall–Kier alpha value is -4.08. The normalized spacial score (nSPS) is 12.7. The van der Waals surface area contributed by atoms with Gasteiger partial charge in [0.15, 0.2) is 11.5 Å². The van der Waals surface area contributed by atoms with Gasteiger partial charge >= 0.3 is 6.18 Å². The van der Waals surface area contributed by atoms with Gasteiger partial charge in [-0.15, -0.1) is 0 Å². The third-order valence-electron chi connectivity index (χ3n) is 5.22. The number of benzene rings is 3. The summed E-state index contributed by atoms with van der Waals surface area (Å²) >= 11 is 0. The minimum Gasteiger partial charge on any atom is -0.486 e.